The number of rotatable bonds is 4. The lowest BCUT2D eigenvalue weighted by Gasteiger charge is -2.04. The van der Waals surface area contributed by atoms with E-state index in [2.05, 4.69) is 21.1 Å². The number of thiocarbonyl (C=S) groups is 1. The molecule has 0 unspecified atom stereocenters. The Bertz CT molecular complexity index is 638. The quantitative estimate of drug-likeness (QED) is 0.348. The van der Waals surface area contributed by atoms with Crippen LogP contribution >= 0.6 is 12.2 Å². The molecule has 21 heavy (non-hydrogen) atoms. The molecule has 5 nitrogen and oxygen atoms in total. The average Bonchev–Trinajstić information content (AvgIpc) is 2.54. The summed E-state index contributed by atoms with van der Waals surface area (Å²) in [4.78, 5) is 0.493. The molecule has 0 aromatic heterocycles. The minimum Gasteiger partial charge on any atom is -0.367 e. The molecule has 0 saturated heterocycles. The Morgan fingerprint density at radius 1 is 0.952 bits per heavy atom. The van der Waals surface area contributed by atoms with E-state index in [1.54, 1.807) is 6.21 Å². The highest BCUT2D eigenvalue weighted by atomic mass is 32.1. The van der Waals surface area contributed by atoms with Crippen LogP contribution in [0.25, 0.3) is 0 Å². The lowest BCUT2D eigenvalue weighted by Crippen LogP contribution is -2.31. The molecule has 0 atom stereocenters. The summed E-state index contributed by atoms with van der Waals surface area (Å²) in [6.45, 7) is 0. The van der Waals surface area contributed by atoms with Crippen LogP contribution in [0.4, 0.5) is 0 Å². The fourth-order valence-corrected chi connectivity index (χ4v) is 1.68. The number of hydrazone groups is 2. The Labute approximate surface area is 128 Å². The SMILES string of the molecule is N/C(=N\NC(=S)c1ccccc1)N/N=C\c1ccccc1. The van der Waals surface area contributed by atoms with Crippen molar-refractivity contribution in [2.75, 3.05) is 0 Å². The van der Waals surface area contributed by atoms with Crippen LogP contribution in [0.1, 0.15) is 11.1 Å². The Kier molecular flexibility index (Phi) is 5.42. The first-order valence-corrected chi connectivity index (χ1v) is 6.69. The van der Waals surface area contributed by atoms with Crippen molar-refractivity contribution < 1.29 is 0 Å². The summed E-state index contributed by atoms with van der Waals surface area (Å²) >= 11 is 5.19. The van der Waals surface area contributed by atoms with Crippen LogP contribution in [0.2, 0.25) is 0 Å². The van der Waals surface area contributed by atoms with Crippen molar-refractivity contribution in [1.29, 1.82) is 0 Å². The van der Waals surface area contributed by atoms with Gasteiger partial charge >= 0.3 is 0 Å². The van der Waals surface area contributed by atoms with Gasteiger partial charge in [0.25, 0.3) is 0 Å². The van der Waals surface area contributed by atoms with Crippen LogP contribution in [0.5, 0.6) is 0 Å². The highest BCUT2D eigenvalue weighted by Gasteiger charge is 1.97. The third-order valence-electron chi connectivity index (χ3n) is 2.51. The van der Waals surface area contributed by atoms with Crippen LogP contribution < -0.4 is 16.6 Å². The lowest BCUT2D eigenvalue weighted by molar-refractivity contribution is 0.948. The van der Waals surface area contributed by atoms with Gasteiger partial charge in [0.05, 0.1) is 6.21 Å². The molecule has 6 heteroatoms. The predicted molar refractivity (Wildman–Crippen MR) is 90.1 cm³/mol. The van der Waals surface area contributed by atoms with Crippen molar-refractivity contribution in [3.63, 3.8) is 0 Å². The molecule has 2 aromatic carbocycles. The summed E-state index contributed by atoms with van der Waals surface area (Å²) in [6, 6.07) is 19.2. The van der Waals surface area contributed by atoms with Gasteiger partial charge in [0.1, 0.15) is 4.99 Å². The Morgan fingerprint density at radius 2 is 1.57 bits per heavy atom. The van der Waals surface area contributed by atoms with E-state index in [9.17, 15) is 0 Å². The number of guanidine groups is 1. The second-order valence-corrected chi connectivity index (χ2v) is 4.49. The Morgan fingerprint density at radius 3 is 2.24 bits per heavy atom. The molecule has 2 rings (SSSR count). The summed E-state index contributed by atoms with van der Waals surface area (Å²) in [5, 5.41) is 7.89. The highest BCUT2D eigenvalue weighted by Crippen LogP contribution is 1.98. The minimum atomic E-state index is 0.125. The van der Waals surface area contributed by atoms with Gasteiger partial charge < -0.3 is 5.73 Å². The van der Waals surface area contributed by atoms with Crippen molar-refractivity contribution in [2.24, 2.45) is 15.9 Å². The molecule has 0 aliphatic heterocycles. The minimum absolute atomic E-state index is 0.125. The molecule has 0 aliphatic rings. The van der Waals surface area contributed by atoms with Crippen molar-refractivity contribution in [1.82, 2.24) is 10.9 Å². The van der Waals surface area contributed by atoms with Crippen molar-refractivity contribution >= 4 is 29.4 Å². The van der Waals surface area contributed by atoms with Gasteiger partial charge in [-0.15, -0.1) is 5.10 Å². The van der Waals surface area contributed by atoms with Crippen molar-refractivity contribution in [3.8, 4) is 0 Å². The molecule has 0 spiro atoms. The van der Waals surface area contributed by atoms with Gasteiger partial charge in [0, 0.05) is 5.56 Å². The van der Waals surface area contributed by atoms with E-state index in [1.165, 1.54) is 0 Å². The summed E-state index contributed by atoms with van der Waals surface area (Å²) in [6.07, 6.45) is 1.65. The largest absolute Gasteiger partial charge is 0.367 e. The second kappa shape index (κ2) is 7.76. The van der Waals surface area contributed by atoms with Gasteiger partial charge in [0.2, 0.25) is 5.96 Å². The van der Waals surface area contributed by atoms with E-state index in [4.69, 9.17) is 18.0 Å². The molecular formula is C15H15N5S. The van der Waals surface area contributed by atoms with Gasteiger partial charge in [0.15, 0.2) is 0 Å². The van der Waals surface area contributed by atoms with Crippen molar-refractivity contribution in [3.05, 3.63) is 71.8 Å². The van der Waals surface area contributed by atoms with Gasteiger partial charge in [-0.3, -0.25) is 5.43 Å². The normalized spacial score (nSPS) is 11.3. The summed E-state index contributed by atoms with van der Waals surface area (Å²) < 4.78 is 0. The fourth-order valence-electron chi connectivity index (χ4n) is 1.50. The Balaban J connectivity index is 1.84. The van der Waals surface area contributed by atoms with E-state index in [0.717, 1.165) is 11.1 Å². The molecule has 0 heterocycles. The van der Waals surface area contributed by atoms with Gasteiger partial charge in [-0.1, -0.05) is 72.9 Å². The van der Waals surface area contributed by atoms with E-state index in [0.29, 0.717) is 4.99 Å². The Hall–Kier alpha value is -2.73. The zero-order valence-corrected chi connectivity index (χ0v) is 12.0. The zero-order valence-electron chi connectivity index (χ0n) is 11.2. The van der Waals surface area contributed by atoms with E-state index < -0.39 is 0 Å². The predicted octanol–water partition coefficient (Wildman–Crippen LogP) is 1.81. The van der Waals surface area contributed by atoms with E-state index in [1.807, 2.05) is 60.7 Å². The molecule has 0 amide bonds. The van der Waals surface area contributed by atoms with Crippen LogP contribution in [-0.4, -0.2) is 17.2 Å². The van der Waals surface area contributed by atoms with Gasteiger partial charge in [-0.05, 0) is 5.56 Å². The number of hydrogen-bond acceptors (Lipinski definition) is 3. The lowest BCUT2D eigenvalue weighted by atomic mass is 10.2. The molecule has 0 radical (unpaired) electrons. The molecule has 0 aliphatic carbocycles. The van der Waals surface area contributed by atoms with E-state index in [-0.39, 0.29) is 5.96 Å². The van der Waals surface area contributed by atoms with E-state index >= 15 is 0 Å². The fraction of sp³-hybridized carbons (Fsp3) is 0. The van der Waals surface area contributed by atoms with Crippen LogP contribution in [-0.2, 0) is 0 Å². The van der Waals surface area contributed by atoms with Crippen molar-refractivity contribution in [2.45, 2.75) is 0 Å². The maximum absolute atomic E-state index is 5.67. The third-order valence-corrected chi connectivity index (χ3v) is 2.83. The van der Waals surface area contributed by atoms with Crippen LogP contribution in [0.15, 0.2) is 70.9 Å². The van der Waals surface area contributed by atoms with Gasteiger partial charge in [-0.25, -0.2) is 5.43 Å². The smallest absolute Gasteiger partial charge is 0.231 e. The summed E-state index contributed by atoms with van der Waals surface area (Å²) in [5.74, 6) is 0.125. The third kappa shape index (κ3) is 5.04. The topological polar surface area (TPSA) is 74.8 Å². The molecule has 4 N–H and O–H groups in total. The van der Waals surface area contributed by atoms with Gasteiger partial charge in [-0.2, -0.15) is 5.10 Å². The summed E-state index contributed by atoms with van der Waals surface area (Å²) in [5.41, 5.74) is 12.8. The number of nitrogens with one attached hydrogen (secondary N) is 2. The second-order valence-electron chi connectivity index (χ2n) is 4.08. The molecule has 106 valence electrons. The maximum Gasteiger partial charge on any atom is 0.231 e. The number of hydrogen-bond donors (Lipinski definition) is 3. The zero-order chi connectivity index (χ0) is 14.9. The summed E-state index contributed by atoms with van der Waals surface area (Å²) in [7, 11) is 0. The van der Waals surface area contributed by atoms with Crippen LogP contribution in [0, 0.1) is 0 Å². The molecule has 0 fully saturated rings. The molecule has 0 saturated carbocycles. The number of nitrogens with zero attached hydrogens (tertiary/aromatic N) is 2. The standard InChI is InChI=1S/C15H15N5S/c16-15(19-17-11-12-7-3-1-4-8-12)20-18-14(21)13-9-5-2-6-10-13/h1-11H,(H,18,21)(H3,16,19,20)/b17-11-. The molecule has 0 bridgehead atoms. The number of benzene rings is 2. The number of nitrogens with two attached hydrogens (primary N) is 1. The first-order valence-electron chi connectivity index (χ1n) is 6.28. The van der Waals surface area contributed by atoms with Crippen LogP contribution in [0.3, 0.4) is 0 Å². The maximum atomic E-state index is 5.67. The molecule has 2 aromatic rings. The highest BCUT2D eigenvalue weighted by molar-refractivity contribution is 7.80. The first-order chi connectivity index (χ1) is 10.3. The monoisotopic (exact) mass is 297 g/mol. The first kappa shape index (κ1) is 14.7. The average molecular weight is 297 g/mol. The molecular weight excluding hydrogens is 282 g/mol.